The molecule has 0 heterocycles. The van der Waals surface area contributed by atoms with Gasteiger partial charge in [0.1, 0.15) is 12.4 Å². The molecule has 0 spiro atoms. The van der Waals surface area contributed by atoms with Gasteiger partial charge in [-0.25, -0.2) is 0 Å². The number of benzene rings is 2. The van der Waals surface area contributed by atoms with E-state index in [1.807, 2.05) is 55.5 Å². The SMILES string of the molecule is Cc1ccc(NC(=O)C2CC2C)c(OCc2ccccc2)c1. The first-order valence-corrected chi connectivity index (χ1v) is 7.72. The molecule has 0 saturated heterocycles. The minimum absolute atomic E-state index is 0.0981. The highest BCUT2D eigenvalue weighted by Crippen LogP contribution is 2.39. The normalized spacial score (nSPS) is 19.5. The number of carbonyl (C=O) groups excluding carboxylic acids is 1. The Morgan fingerprint density at radius 3 is 2.64 bits per heavy atom. The molecular weight excluding hydrogens is 274 g/mol. The van der Waals surface area contributed by atoms with E-state index in [4.69, 9.17) is 4.74 Å². The van der Waals surface area contributed by atoms with Crippen LogP contribution in [0.4, 0.5) is 5.69 Å². The van der Waals surface area contributed by atoms with Crippen LogP contribution in [0.15, 0.2) is 48.5 Å². The summed E-state index contributed by atoms with van der Waals surface area (Å²) < 4.78 is 5.92. The Morgan fingerprint density at radius 2 is 1.95 bits per heavy atom. The minimum atomic E-state index is 0.0981. The summed E-state index contributed by atoms with van der Waals surface area (Å²) in [5.41, 5.74) is 2.98. The van der Waals surface area contributed by atoms with Crippen LogP contribution in [-0.4, -0.2) is 5.91 Å². The Bertz CT molecular complexity index is 666. The van der Waals surface area contributed by atoms with Crippen molar-refractivity contribution < 1.29 is 9.53 Å². The lowest BCUT2D eigenvalue weighted by Crippen LogP contribution is -2.15. The van der Waals surface area contributed by atoms with Crippen LogP contribution < -0.4 is 10.1 Å². The second-order valence-corrected chi connectivity index (χ2v) is 6.08. The first kappa shape index (κ1) is 14.6. The molecule has 2 aromatic rings. The average Bonchev–Trinajstić information content (AvgIpc) is 3.25. The largest absolute Gasteiger partial charge is 0.487 e. The van der Waals surface area contributed by atoms with E-state index in [1.165, 1.54) is 0 Å². The summed E-state index contributed by atoms with van der Waals surface area (Å²) in [4.78, 5) is 12.1. The lowest BCUT2D eigenvalue weighted by Gasteiger charge is -2.13. The lowest BCUT2D eigenvalue weighted by atomic mass is 10.2. The fourth-order valence-corrected chi connectivity index (χ4v) is 2.50. The third-order valence-electron chi connectivity index (χ3n) is 4.08. The standard InChI is InChI=1S/C19H21NO2/c1-13-8-9-17(20-19(21)16-11-14(16)2)18(10-13)22-12-15-6-4-3-5-7-15/h3-10,14,16H,11-12H2,1-2H3,(H,20,21). The number of hydrogen-bond donors (Lipinski definition) is 1. The summed E-state index contributed by atoms with van der Waals surface area (Å²) in [5.74, 6) is 1.48. The van der Waals surface area contributed by atoms with Gasteiger partial charge in [-0.05, 0) is 42.5 Å². The van der Waals surface area contributed by atoms with Gasteiger partial charge in [0, 0.05) is 5.92 Å². The molecular formula is C19H21NO2. The van der Waals surface area contributed by atoms with Crippen LogP contribution in [-0.2, 0) is 11.4 Å². The molecule has 3 rings (SSSR count). The summed E-state index contributed by atoms with van der Waals surface area (Å²) in [6, 6.07) is 15.9. The van der Waals surface area contributed by atoms with E-state index in [9.17, 15) is 4.79 Å². The van der Waals surface area contributed by atoms with Crippen LogP contribution in [0.3, 0.4) is 0 Å². The summed E-state index contributed by atoms with van der Waals surface area (Å²) in [6.07, 6.45) is 0.984. The molecule has 1 aliphatic carbocycles. The van der Waals surface area contributed by atoms with Gasteiger partial charge >= 0.3 is 0 Å². The van der Waals surface area contributed by atoms with E-state index in [2.05, 4.69) is 12.2 Å². The number of hydrogen-bond acceptors (Lipinski definition) is 2. The highest BCUT2D eigenvalue weighted by molar-refractivity contribution is 5.95. The van der Waals surface area contributed by atoms with Gasteiger partial charge in [-0.1, -0.05) is 43.3 Å². The lowest BCUT2D eigenvalue weighted by molar-refractivity contribution is -0.117. The molecule has 0 aromatic heterocycles. The van der Waals surface area contributed by atoms with Crippen molar-refractivity contribution in [3.05, 3.63) is 59.7 Å². The number of ether oxygens (including phenoxy) is 1. The Kier molecular flexibility index (Phi) is 4.14. The van der Waals surface area contributed by atoms with Crippen molar-refractivity contribution >= 4 is 11.6 Å². The molecule has 3 nitrogen and oxygen atoms in total. The monoisotopic (exact) mass is 295 g/mol. The number of carbonyl (C=O) groups is 1. The molecule has 1 aliphatic rings. The molecule has 114 valence electrons. The second-order valence-electron chi connectivity index (χ2n) is 6.08. The number of nitrogens with one attached hydrogen (secondary N) is 1. The van der Waals surface area contributed by atoms with Gasteiger partial charge in [0.2, 0.25) is 5.91 Å². The summed E-state index contributed by atoms with van der Waals surface area (Å²) in [6.45, 7) is 4.61. The summed E-state index contributed by atoms with van der Waals surface area (Å²) in [5, 5.41) is 3.00. The molecule has 0 aliphatic heterocycles. The Balaban J connectivity index is 1.71. The zero-order valence-corrected chi connectivity index (χ0v) is 13.0. The minimum Gasteiger partial charge on any atom is -0.487 e. The predicted octanol–water partition coefficient (Wildman–Crippen LogP) is 4.17. The molecule has 2 atom stereocenters. The molecule has 1 N–H and O–H groups in total. The number of anilines is 1. The summed E-state index contributed by atoms with van der Waals surface area (Å²) >= 11 is 0. The molecule has 3 heteroatoms. The molecule has 1 amide bonds. The fraction of sp³-hybridized carbons (Fsp3) is 0.316. The smallest absolute Gasteiger partial charge is 0.227 e. The third kappa shape index (κ3) is 3.48. The van der Waals surface area contributed by atoms with Crippen LogP contribution in [0.2, 0.25) is 0 Å². The first-order valence-electron chi connectivity index (χ1n) is 7.72. The maximum Gasteiger partial charge on any atom is 0.227 e. The van der Waals surface area contributed by atoms with Gasteiger partial charge in [-0.3, -0.25) is 4.79 Å². The van der Waals surface area contributed by atoms with Crippen LogP contribution in [0.5, 0.6) is 5.75 Å². The molecule has 1 saturated carbocycles. The van der Waals surface area contributed by atoms with Gasteiger partial charge in [-0.2, -0.15) is 0 Å². The van der Waals surface area contributed by atoms with Crippen molar-refractivity contribution in [1.29, 1.82) is 0 Å². The van der Waals surface area contributed by atoms with E-state index in [-0.39, 0.29) is 11.8 Å². The van der Waals surface area contributed by atoms with E-state index >= 15 is 0 Å². The quantitative estimate of drug-likeness (QED) is 0.899. The van der Waals surface area contributed by atoms with Gasteiger partial charge in [0.15, 0.2) is 0 Å². The van der Waals surface area contributed by atoms with Crippen LogP contribution in [0, 0.1) is 18.8 Å². The first-order chi connectivity index (χ1) is 10.6. The van der Waals surface area contributed by atoms with Crippen molar-refractivity contribution in [2.75, 3.05) is 5.32 Å². The van der Waals surface area contributed by atoms with Crippen LogP contribution >= 0.6 is 0 Å². The Hall–Kier alpha value is -2.29. The fourth-order valence-electron chi connectivity index (χ4n) is 2.50. The van der Waals surface area contributed by atoms with Crippen LogP contribution in [0.25, 0.3) is 0 Å². The number of rotatable bonds is 5. The molecule has 22 heavy (non-hydrogen) atoms. The highest BCUT2D eigenvalue weighted by Gasteiger charge is 2.39. The van der Waals surface area contributed by atoms with Gasteiger partial charge < -0.3 is 10.1 Å². The second kappa shape index (κ2) is 6.22. The highest BCUT2D eigenvalue weighted by atomic mass is 16.5. The number of aryl methyl sites for hydroxylation is 1. The summed E-state index contributed by atoms with van der Waals surface area (Å²) in [7, 11) is 0. The molecule has 0 bridgehead atoms. The van der Waals surface area contributed by atoms with Crippen molar-refractivity contribution in [3.63, 3.8) is 0 Å². The molecule has 2 aromatic carbocycles. The Labute approximate surface area is 131 Å². The van der Waals surface area contributed by atoms with E-state index in [0.29, 0.717) is 12.5 Å². The maximum absolute atomic E-state index is 12.1. The van der Waals surface area contributed by atoms with Crippen molar-refractivity contribution in [2.24, 2.45) is 11.8 Å². The van der Waals surface area contributed by atoms with E-state index < -0.39 is 0 Å². The maximum atomic E-state index is 12.1. The molecule has 1 fully saturated rings. The number of amides is 1. The topological polar surface area (TPSA) is 38.3 Å². The van der Waals surface area contributed by atoms with Crippen molar-refractivity contribution in [3.8, 4) is 5.75 Å². The van der Waals surface area contributed by atoms with Gasteiger partial charge in [0.05, 0.1) is 5.69 Å². The van der Waals surface area contributed by atoms with Crippen molar-refractivity contribution in [2.45, 2.75) is 26.9 Å². The zero-order valence-electron chi connectivity index (χ0n) is 13.0. The zero-order chi connectivity index (χ0) is 15.5. The molecule has 2 unspecified atom stereocenters. The molecule has 0 radical (unpaired) electrons. The van der Waals surface area contributed by atoms with Crippen molar-refractivity contribution in [1.82, 2.24) is 0 Å². The third-order valence-corrected chi connectivity index (χ3v) is 4.08. The van der Waals surface area contributed by atoms with E-state index in [1.54, 1.807) is 0 Å². The van der Waals surface area contributed by atoms with E-state index in [0.717, 1.165) is 29.0 Å². The predicted molar refractivity (Wildman–Crippen MR) is 87.9 cm³/mol. The van der Waals surface area contributed by atoms with Crippen LogP contribution in [0.1, 0.15) is 24.5 Å². The average molecular weight is 295 g/mol. The van der Waals surface area contributed by atoms with Gasteiger partial charge in [0.25, 0.3) is 0 Å². The van der Waals surface area contributed by atoms with Gasteiger partial charge in [-0.15, -0.1) is 0 Å². The Morgan fingerprint density at radius 1 is 1.23 bits per heavy atom.